The summed E-state index contributed by atoms with van der Waals surface area (Å²) in [7, 11) is 2.00. The lowest BCUT2D eigenvalue weighted by molar-refractivity contribution is 0.327. The van der Waals surface area contributed by atoms with Gasteiger partial charge in [0.25, 0.3) is 0 Å². The third kappa shape index (κ3) is 3.49. The lowest BCUT2D eigenvalue weighted by Gasteiger charge is -2.30. The molecule has 15 heavy (non-hydrogen) atoms. The summed E-state index contributed by atoms with van der Waals surface area (Å²) in [4.78, 5) is 0. The number of rotatable bonds is 5. The number of allylic oxidation sites excluding steroid dienone is 1. The molecule has 1 rings (SSSR count). The summed E-state index contributed by atoms with van der Waals surface area (Å²) in [6.45, 7) is 11.5. The van der Waals surface area contributed by atoms with Crippen LogP contribution in [0.4, 0.5) is 0 Å². The van der Waals surface area contributed by atoms with Crippen LogP contribution in [0.2, 0.25) is 0 Å². The molecule has 0 heterocycles. The summed E-state index contributed by atoms with van der Waals surface area (Å²) in [5.74, 6) is 1.53. The molecule has 1 heteroatoms. The highest BCUT2D eigenvalue weighted by Crippen LogP contribution is 2.36. The second kappa shape index (κ2) is 6.12. The maximum absolute atomic E-state index is 4.17. The first-order chi connectivity index (χ1) is 7.19. The zero-order valence-electron chi connectivity index (χ0n) is 10.3. The SMILES string of the molecule is C=C(CC)C1CCC(C(=C)CNC)CC1. The van der Waals surface area contributed by atoms with E-state index < -0.39 is 0 Å². The van der Waals surface area contributed by atoms with Gasteiger partial charge in [0, 0.05) is 6.54 Å². The highest BCUT2D eigenvalue weighted by atomic mass is 14.8. The molecule has 0 aromatic heterocycles. The predicted molar refractivity (Wildman–Crippen MR) is 67.9 cm³/mol. The topological polar surface area (TPSA) is 12.0 Å². The molecule has 86 valence electrons. The Morgan fingerprint density at radius 2 is 1.53 bits per heavy atom. The molecule has 1 N–H and O–H groups in total. The summed E-state index contributed by atoms with van der Waals surface area (Å²) in [6.07, 6.45) is 6.40. The Hall–Kier alpha value is -0.560. The molecule has 1 aliphatic carbocycles. The van der Waals surface area contributed by atoms with Crippen LogP contribution in [0.1, 0.15) is 39.0 Å². The van der Waals surface area contributed by atoms with E-state index in [2.05, 4.69) is 25.4 Å². The molecule has 0 spiro atoms. The number of likely N-dealkylation sites (N-methyl/N-ethyl adjacent to an activating group) is 1. The van der Waals surface area contributed by atoms with E-state index in [-0.39, 0.29) is 0 Å². The third-order valence-electron chi connectivity index (χ3n) is 3.74. The third-order valence-corrected chi connectivity index (χ3v) is 3.74. The van der Waals surface area contributed by atoms with Gasteiger partial charge in [-0.25, -0.2) is 0 Å². The fraction of sp³-hybridized carbons (Fsp3) is 0.714. The van der Waals surface area contributed by atoms with Gasteiger partial charge >= 0.3 is 0 Å². The Morgan fingerprint density at radius 1 is 1.07 bits per heavy atom. The van der Waals surface area contributed by atoms with E-state index in [1.165, 1.54) is 36.8 Å². The maximum atomic E-state index is 4.17. The highest BCUT2D eigenvalue weighted by molar-refractivity contribution is 5.08. The number of nitrogens with one attached hydrogen (secondary N) is 1. The Balaban J connectivity index is 2.35. The molecule has 0 radical (unpaired) electrons. The van der Waals surface area contributed by atoms with Crippen molar-refractivity contribution in [3.63, 3.8) is 0 Å². The number of hydrogen-bond acceptors (Lipinski definition) is 1. The Kier molecular flexibility index (Phi) is 5.10. The Labute approximate surface area is 94.6 Å². The van der Waals surface area contributed by atoms with E-state index in [0.29, 0.717) is 0 Å². The van der Waals surface area contributed by atoms with Gasteiger partial charge < -0.3 is 5.32 Å². The Bertz CT molecular complexity index is 221. The molecular weight excluding hydrogens is 182 g/mol. The van der Waals surface area contributed by atoms with E-state index in [1.807, 2.05) is 7.05 Å². The van der Waals surface area contributed by atoms with Gasteiger partial charge in [-0.1, -0.05) is 31.2 Å². The molecular formula is C14H25N. The summed E-state index contributed by atoms with van der Waals surface area (Å²) in [6, 6.07) is 0. The van der Waals surface area contributed by atoms with Gasteiger partial charge in [-0.3, -0.25) is 0 Å². The minimum absolute atomic E-state index is 0.748. The summed E-state index contributed by atoms with van der Waals surface area (Å²) >= 11 is 0. The quantitative estimate of drug-likeness (QED) is 0.680. The molecule has 0 aromatic carbocycles. The van der Waals surface area contributed by atoms with E-state index >= 15 is 0 Å². The lowest BCUT2D eigenvalue weighted by atomic mass is 9.76. The summed E-state index contributed by atoms with van der Waals surface area (Å²) < 4.78 is 0. The van der Waals surface area contributed by atoms with Crippen molar-refractivity contribution in [3.05, 3.63) is 24.3 Å². The van der Waals surface area contributed by atoms with E-state index in [0.717, 1.165) is 24.8 Å². The van der Waals surface area contributed by atoms with E-state index in [1.54, 1.807) is 0 Å². The molecule has 0 bridgehead atoms. The standard InChI is InChI=1S/C14H25N/c1-5-11(2)13-6-8-14(9-7-13)12(3)10-15-4/h13-15H,2-3,5-10H2,1,4H3. The first kappa shape index (κ1) is 12.5. The molecule has 1 fully saturated rings. The van der Waals surface area contributed by atoms with Crippen LogP contribution in [0.3, 0.4) is 0 Å². The van der Waals surface area contributed by atoms with Crippen molar-refractivity contribution < 1.29 is 0 Å². The average Bonchev–Trinajstić information content (AvgIpc) is 2.28. The largest absolute Gasteiger partial charge is 0.316 e. The molecule has 0 saturated heterocycles. The predicted octanol–water partition coefficient (Wildman–Crippen LogP) is 3.53. The van der Waals surface area contributed by atoms with Crippen LogP contribution in [0.5, 0.6) is 0 Å². The van der Waals surface area contributed by atoms with Gasteiger partial charge in [-0.05, 0) is 51.0 Å². The van der Waals surface area contributed by atoms with Crippen LogP contribution in [0, 0.1) is 11.8 Å². The molecule has 0 amide bonds. The lowest BCUT2D eigenvalue weighted by Crippen LogP contribution is -2.21. The van der Waals surface area contributed by atoms with Crippen molar-refractivity contribution in [1.82, 2.24) is 5.32 Å². The molecule has 0 aliphatic heterocycles. The van der Waals surface area contributed by atoms with Crippen LogP contribution in [0.25, 0.3) is 0 Å². The molecule has 1 aliphatic rings. The molecule has 0 atom stereocenters. The molecule has 1 nitrogen and oxygen atoms in total. The molecule has 0 unspecified atom stereocenters. The van der Waals surface area contributed by atoms with Crippen LogP contribution in [0.15, 0.2) is 24.3 Å². The van der Waals surface area contributed by atoms with Gasteiger partial charge in [0.15, 0.2) is 0 Å². The van der Waals surface area contributed by atoms with Gasteiger partial charge in [-0.2, -0.15) is 0 Å². The van der Waals surface area contributed by atoms with Crippen LogP contribution in [-0.2, 0) is 0 Å². The fourth-order valence-corrected chi connectivity index (χ4v) is 2.57. The first-order valence-corrected chi connectivity index (χ1v) is 6.19. The zero-order chi connectivity index (χ0) is 11.3. The van der Waals surface area contributed by atoms with Crippen molar-refractivity contribution in [2.45, 2.75) is 39.0 Å². The van der Waals surface area contributed by atoms with E-state index in [9.17, 15) is 0 Å². The van der Waals surface area contributed by atoms with Crippen molar-refractivity contribution in [2.75, 3.05) is 13.6 Å². The van der Waals surface area contributed by atoms with Crippen molar-refractivity contribution >= 4 is 0 Å². The summed E-state index contributed by atoms with van der Waals surface area (Å²) in [5.41, 5.74) is 2.84. The van der Waals surface area contributed by atoms with Crippen LogP contribution >= 0.6 is 0 Å². The van der Waals surface area contributed by atoms with Crippen LogP contribution in [-0.4, -0.2) is 13.6 Å². The van der Waals surface area contributed by atoms with Crippen molar-refractivity contribution in [1.29, 1.82) is 0 Å². The molecule has 0 aromatic rings. The minimum Gasteiger partial charge on any atom is -0.316 e. The van der Waals surface area contributed by atoms with Crippen molar-refractivity contribution in [3.8, 4) is 0 Å². The first-order valence-electron chi connectivity index (χ1n) is 6.19. The maximum Gasteiger partial charge on any atom is 0.0161 e. The normalized spacial score (nSPS) is 26.3. The van der Waals surface area contributed by atoms with Gasteiger partial charge in [-0.15, -0.1) is 0 Å². The van der Waals surface area contributed by atoms with Crippen molar-refractivity contribution in [2.24, 2.45) is 11.8 Å². The molecule has 1 saturated carbocycles. The zero-order valence-corrected chi connectivity index (χ0v) is 10.3. The highest BCUT2D eigenvalue weighted by Gasteiger charge is 2.23. The van der Waals surface area contributed by atoms with Gasteiger partial charge in [0.2, 0.25) is 0 Å². The van der Waals surface area contributed by atoms with Gasteiger partial charge in [0.05, 0.1) is 0 Å². The van der Waals surface area contributed by atoms with E-state index in [4.69, 9.17) is 0 Å². The van der Waals surface area contributed by atoms with Gasteiger partial charge in [0.1, 0.15) is 0 Å². The minimum atomic E-state index is 0.748. The average molecular weight is 207 g/mol. The number of hydrogen-bond donors (Lipinski definition) is 1. The second-order valence-electron chi connectivity index (χ2n) is 4.75. The van der Waals surface area contributed by atoms with Crippen LogP contribution < -0.4 is 5.32 Å². The fourth-order valence-electron chi connectivity index (χ4n) is 2.57. The second-order valence-corrected chi connectivity index (χ2v) is 4.75. The monoisotopic (exact) mass is 207 g/mol. The summed E-state index contributed by atoms with van der Waals surface area (Å²) in [5, 5.41) is 3.19. The smallest absolute Gasteiger partial charge is 0.0161 e. The Morgan fingerprint density at radius 3 is 1.93 bits per heavy atom.